The van der Waals surface area contributed by atoms with Gasteiger partial charge in [0.1, 0.15) is 6.61 Å². The lowest BCUT2D eigenvalue weighted by Gasteiger charge is -2.12. The van der Waals surface area contributed by atoms with E-state index in [4.69, 9.17) is 9.47 Å². The third-order valence-electron chi connectivity index (χ3n) is 2.03. The smallest absolute Gasteiger partial charge is 0.161 e. The lowest BCUT2D eigenvalue weighted by Crippen LogP contribution is -1.98. The molecular formula is C12H16O3. The number of hydrogen-bond donors (Lipinski definition) is 1. The van der Waals surface area contributed by atoms with Crippen LogP contribution in [-0.2, 0) is 0 Å². The zero-order chi connectivity index (χ0) is 11.3. The summed E-state index contributed by atoms with van der Waals surface area (Å²) in [7, 11) is 1.57. The first kappa shape index (κ1) is 11.6. The van der Waals surface area contributed by atoms with E-state index in [9.17, 15) is 5.11 Å². The molecule has 0 saturated carbocycles. The molecule has 0 fully saturated rings. The van der Waals surface area contributed by atoms with Crippen molar-refractivity contribution in [3.05, 3.63) is 36.4 Å². The quantitative estimate of drug-likeness (QED) is 0.755. The Hall–Kier alpha value is -1.48. The Morgan fingerprint density at radius 2 is 2.20 bits per heavy atom. The van der Waals surface area contributed by atoms with Gasteiger partial charge in [0.25, 0.3) is 0 Å². The predicted molar refractivity (Wildman–Crippen MR) is 59.3 cm³/mol. The van der Waals surface area contributed by atoms with Gasteiger partial charge in [0, 0.05) is 0 Å². The molecule has 3 nitrogen and oxygen atoms in total. The fraction of sp³-hybridized carbons (Fsp3) is 0.333. The Kier molecular flexibility index (Phi) is 4.18. The number of aliphatic hydroxyl groups excluding tert-OH is 1. The summed E-state index contributed by atoms with van der Waals surface area (Å²) in [5.74, 6) is 1.28. The summed E-state index contributed by atoms with van der Waals surface area (Å²) in [5.41, 5.74) is 0.804. The highest BCUT2D eigenvalue weighted by atomic mass is 16.5. The van der Waals surface area contributed by atoms with Crippen LogP contribution in [0.25, 0.3) is 0 Å². The molecule has 3 heteroatoms. The van der Waals surface area contributed by atoms with Crippen LogP contribution < -0.4 is 9.47 Å². The third kappa shape index (κ3) is 2.99. The van der Waals surface area contributed by atoms with Gasteiger partial charge in [-0.15, -0.1) is 0 Å². The number of rotatable bonds is 5. The maximum absolute atomic E-state index is 9.40. The molecule has 1 rings (SSSR count). The van der Waals surface area contributed by atoms with Crippen LogP contribution in [0.5, 0.6) is 11.5 Å². The van der Waals surface area contributed by atoms with E-state index in [1.807, 2.05) is 6.07 Å². The van der Waals surface area contributed by atoms with Crippen molar-refractivity contribution in [2.45, 2.75) is 13.0 Å². The second-order valence-electron chi connectivity index (χ2n) is 3.19. The van der Waals surface area contributed by atoms with Gasteiger partial charge in [-0.3, -0.25) is 0 Å². The van der Waals surface area contributed by atoms with Crippen LogP contribution in [0.1, 0.15) is 18.6 Å². The summed E-state index contributed by atoms with van der Waals surface area (Å²) in [6.07, 6.45) is 1.16. The first-order valence-corrected chi connectivity index (χ1v) is 4.78. The minimum absolute atomic E-state index is 0.435. The monoisotopic (exact) mass is 208 g/mol. The summed E-state index contributed by atoms with van der Waals surface area (Å²) in [4.78, 5) is 0. The Bertz CT molecular complexity index is 332. The standard InChI is InChI=1S/C12H16O3/c1-4-7-15-11-6-5-10(9(2)13)8-12(11)14-3/h4-6,8-9,13H,1,7H2,2-3H3. The average Bonchev–Trinajstić information content (AvgIpc) is 2.25. The van der Waals surface area contributed by atoms with Crippen LogP contribution in [0.4, 0.5) is 0 Å². The van der Waals surface area contributed by atoms with Gasteiger partial charge in [0.15, 0.2) is 11.5 Å². The summed E-state index contributed by atoms with van der Waals surface area (Å²) in [6.45, 7) is 5.71. The highest BCUT2D eigenvalue weighted by molar-refractivity contribution is 5.43. The number of aliphatic hydroxyl groups is 1. The molecule has 0 amide bonds. The van der Waals surface area contributed by atoms with Gasteiger partial charge >= 0.3 is 0 Å². The maximum atomic E-state index is 9.40. The molecule has 0 heterocycles. The van der Waals surface area contributed by atoms with Gasteiger partial charge in [-0.25, -0.2) is 0 Å². The van der Waals surface area contributed by atoms with Gasteiger partial charge in [-0.1, -0.05) is 18.7 Å². The molecule has 82 valence electrons. The fourth-order valence-corrected chi connectivity index (χ4v) is 1.21. The van der Waals surface area contributed by atoms with Crippen molar-refractivity contribution in [3.8, 4) is 11.5 Å². The zero-order valence-electron chi connectivity index (χ0n) is 9.06. The highest BCUT2D eigenvalue weighted by Gasteiger charge is 2.07. The van der Waals surface area contributed by atoms with E-state index in [2.05, 4.69) is 6.58 Å². The molecule has 0 aromatic heterocycles. The van der Waals surface area contributed by atoms with E-state index in [0.29, 0.717) is 18.1 Å². The minimum Gasteiger partial charge on any atom is -0.493 e. The summed E-state index contributed by atoms with van der Waals surface area (Å²) >= 11 is 0. The first-order valence-electron chi connectivity index (χ1n) is 4.78. The van der Waals surface area contributed by atoms with E-state index in [1.165, 1.54) is 0 Å². The van der Waals surface area contributed by atoms with E-state index < -0.39 is 6.10 Å². The van der Waals surface area contributed by atoms with Gasteiger partial charge in [-0.05, 0) is 24.6 Å². The lowest BCUT2D eigenvalue weighted by atomic mass is 10.1. The number of ether oxygens (including phenoxy) is 2. The summed E-state index contributed by atoms with van der Waals surface area (Å²) in [5, 5.41) is 9.40. The van der Waals surface area contributed by atoms with E-state index in [1.54, 1.807) is 32.2 Å². The Morgan fingerprint density at radius 3 is 2.73 bits per heavy atom. The molecule has 0 aliphatic rings. The third-order valence-corrected chi connectivity index (χ3v) is 2.03. The van der Waals surface area contributed by atoms with Gasteiger partial charge in [0.05, 0.1) is 13.2 Å². The van der Waals surface area contributed by atoms with Gasteiger partial charge < -0.3 is 14.6 Å². The summed E-state index contributed by atoms with van der Waals surface area (Å²) in [6, 6.07) is 5.36. The van der Waals surface area contributed by atoms with Gasteiger partial charge in [-0.2, -0.15) is 0 Å². The predicted octanol–water partition coefficient (Wildman–Crippen LogP) is 2.31. The SMILES string of the molecule is C=CCOc1ccc(C(C)O)cc1OC. The Balaban J connectivity index is 2.92. The maximum Gasteiger partial charge on any atom is 0.161 e. The molecular weight excluding hydrogens is 192 g/mol. The molecule has 0 aliphatic carbocycles. The Labute approximate surface area is 90.0 Å². The minimum atomic E-state index is -0.507. The zero-order valence-corrected chi connectivity index (χ0v) is 9.06. The molecule has 15 heavy (non-hydrogen) atoms. The van der Waals surface area contributed by atoms with Crippen LogP contribution >= 0.6 is 0 Å². The van der Waals surface area contributed by atoms with Crippen molar-refractivity contribution in [1.82, 2.24) is 0 Å². The summed E-state index contributed by atoms with van der Waals surface area (Å²) < 4.78 is 10.6. The fourth-order valence-electron chi connectivity index (χ4n) is 1.21. The van der Waals surface area contributed by atoms with Crippen LogP contribution in [0, 0.1) is 0 Å². The lowest BCUT2D eigenvalue weighted by molar-refractivity contribution is 0.198. The van der Waals surface area contributed by atoms with Crippen LogP contribution in [0.15, 0.2) is 30.9 Å². The van der Waals surface area contributed by atoms with Crippen molar-refractivity contribution < 1.29 is 14.6 Å². The van der Waals surface area contributed by atoms with Crippen molar-refractivity contribution in [2.75, 3.05) is 13.7 Å². The van der Waals surface area contributed by atoms with E-state index in [-0.39, 0.29) is 0 Å². The largest absolute Gasteiger partial charge is 0.493 e. The van der Waals surface area contributed by atoms with Crippen molar-refractivity contribution >= 4 is 0 Å². The van der Waals surface area contributed by atoms with Crippen molar-refractivity contribution in [2.24, 2.45) is 0 Å². The van der Waals surface area contributed by atoms with Crippen LogP contribution in [0.2, 0.25) is 0 Å². The second kappa shape index (κ2) is 5.41. The highest BCUT2D eigenvalue weighted by Crippen LogP contribution is 2.30. The Morgan fingerprint density at radius 1 is 1.47 bits per heavy atom. The van der Waals surface area contributed by atoms with E-state index in [0.717, 1.165) is 5.56 Å². The van der Waals surface area contributed by atoms with Gasteiger partial charge in [0.2, 0.25) is 0 Å². The molecule has 1 unspecified atom stereocenters. The van der Waals surface area contributed by atoms with Crippen molar-refractivity contribution in [3.63, 3.8) is 0 Å². The molecule has 1 N–H and O–H groups in total. The molecule has 1 atom stereocenters. The number of hydrogen-bond acceptors (Lipinski definition) is 3. The molecule has 0 bridgehead atoms. The average molecular weight is 208 g/mol. The molecule has 0 radical (unpaired) electrons. The molecule has 0 saturated heterocycles. The number of methoxy groups -OCH3 is 1. The molecule has 0 spiro atoms. The normalized spacial score (nSPS) is 11.9. The van der Waals surface area contributed by atoms with Crippen LogP contribution in [0.3, 0.4) is 0 Å². The van der Waals surface area contributed by atoms with Crippen molar-refractivity contribution in [1.29, 1.82) is 0 Å². The molecule has 0 aliphatic heterocycles. The molecule has 1 aromatic carbocycles. The van der Waals surface area contributed by atoms with Crippen LogP contribution in [-0.4, -0.2) is 18.8 Å². The topological polar surface area (TPSA) is 38.7 Å². The number of benzene rings is 1. The second-order valence-corrected chi connectivity index (χ2v) is 3.19. The molecule has 1 aromatic rings. The van der Waals surface area contributed by atoms with E-state index >= 15 is 0 Å². The first-order chi connectivity index (χ1) is 7.19.